The number of aliphatic hydroxyl groups excluding tert-OH is 1. The Hall–Kier alpha value is -0.0800. The quantitative estimate of drug-likeness (QED) is 0.682. The molecule has 0 aromatic rings. The number of nitrogens with one attached hydrogen (secondary N) is 1. The molecule has 0 heterocycles. The van der Waals surface area contributed by atoms with Crippen molar-refractivity contribution in [1.29, 1.82) is 0 Å². The lowest BCUT2D eigenvalue weighted by molar-refractivity contribution is 0.0641. The molecule has 0 bridgehead atoms. The molecule has 0 spiro atoms. The maximum Gasteiger partial charge on any atom is 0.0568 e. The van der Waals surface area contributed by atoms with Crippen LogP contribution in [0.4, 0.5) is 0 Å². The Morgan fingerprint density at radius 3 is 2.22 bits per heavy atom. The van der Waals surface area contributed by atoms with Crippen molar-refractivity contribution < 1.29 is 5.11 Å². The van der Waals surface area contributed by atoms with Crippen LogP contribution in [0.25, 0.3) is 0 Å². The minimum Gasteiger partial charge on any atom is -0.393 e. The predicted molar refractivity (Wildman–Crippen MR) is 74.4 cm³/mol. The lowest BCUT2D eigenvalue weighted by Crippen LogP contribution is -2.34. The van der Waals surface area contributed by atoms with Crippen LogP contribution in [0.3, 0.4) is 0 Å². The molecule has 18 heavy (non-hydrogen) atoms. The summed E-state index contributed by atoms with van der Waals surface area (Å²) in [6.45, 7) is 1.18. The van der Waals surface area contributed by atoms with Crippen molar-refractivity contribution in [2.75, 3.05) is 6.54 Å². The normalized spacial score (nSPS) is 33.0. The second-order valence-corrected chi connectivity index (χ2v) is 6.91. The molecule has 0 aromatic carbocycles. The standard InChI is InChI=1S/C16H29NO/c18-15-6-2-1-4-12(15)5-3-11-17-16(13-7-8-13)14-9-10-14/h12-18H,1-11H2. The molecular weight excluding hydrogens is 222 g/mol. The Morgan fingerprint density at radius 2 is 1.61 bits per heavy atom. The monoisotopic (exact) mass is 251 g/mol. The van der Waals surface area contributed by atoms with Gasteiger partial charge in [0.2, 0.25) is 0 Å². The van der Waals surface area contributed by atoms with Crippen LogP contribution in [0, 0.1) is 17.8 Å². The van der Waals surface area contributed by atoms with Crippen LogP contribution in [0.15, 0.2) is 0 Å². The van der Waals surface area contributed by atoms with E-state index in [1.54, 1.807) is 0 Å². The molecule has 2 atom stereocenters. The summed E-state index contributed by atoms with van der Waals surface area (Å²) in [7, 11) is 0. The van der Waals surface area contributed by atoms with Crippen LogP contribution < -0.4 is 5.32 Å². The Morgan fingerprint density at radius 1 is 0.944 bits per heavy atom. The Kier molecular flexibility index (Phi) is 4.25. The second kappa shape index (κ2) is 5.92. The van der Waals surface area contributed by atoms with Gasteiger partial charge in [0, 0.05) is 6.04 Å². The molecule has 0 saturated heterocycles. The Bertz CT molecular complexity index is 248. The average molecular weight is 251 g/mol. The maximum atomic E-state index is 9.95. The predicted octanol–water partition coefficient (Wildman–Crippen LogP) is 3.10. The zero-order valence-corrected chi connectivity index (χ0v) is 11.6. The summed E-state index contributed by atoms with van der Waals surface area (Å²) in [5.74, 6) is 2.62. The van der Waals surface area contributed by atoms with Crippen LogP contribution in [-0.4, -0.2) is 23.8 Å². The van der Waals surface area contributed by atoms with E-state index in [0.717, 1.165) is 24.3 Å². The van der Waals surface area contributed by atoms with Gasteiger partial charge in [-0.3, -0.25) is 0 Å². The van der Waals surface area contributed by atoms with Crippen molar-refractivity contribution in [3.05, 3.63) is 0 Å². The topological polar surface area (TPSA) is 32.3 Å². The SMILES string of the molecule is OC1CCCCC1CCCNC(C1CC1)C1CC1. The summed E-state index contributed by atoms with van der Waals surface area (Å²) in [4.78, 5) is 0. The molecule has 0 aliphatic heterocycles. The fourth-order valence-corrected chi connectivity index (χ4v) is 3.79. The lowest BCUT2D eigenvalue weighted by atomic mass is 9.83. The van der Waals surface area contributed by atoms with E-state index in [1.807, 2.05) is 0 Å². The van der Waals surface area contributed by atoms with E-state index in [1.165, 1.54) is 64.3 Å². The van der Waals surface area contributed by atoms with Crippen LogP contribution in [0.5, 0.6) is 0 Å². The zero-order chi connectivity index (χ0) is 12.4. The summed E-state index contributed by atoms with van der Waals surface area (Å²) in [6, 6.07) is 0.848. The molecule has 3 fully saturated rings. The van der Waals surface area contributed by atoms with Crippen LogP contribution in [0.1, 0.15) is 64.2 Å². The van der Waals surface area contributed by atoms with Crippen LogP contribution in [-0.2, 0) is 0 Å². The summed E-state index contributed by atoms with van der Waals surface area (Å²) in [5.41, 5.74) is 0. The number of aliphatic hydroxyl groups is 1. The van der Waals surface area contributed by atoms with Crippen molar-refractivity contribution in [1.82, 2.24) is 5.32 Å². The maximum absolute atomic E-state index is 9.95. The van der Waals surface area contributed by atoms with Crippen molar-refractivity contribution in [2.24, 2.45) is 17.8 Å². The summed E-state index contributed by atoms with van der Waals surface area (Å²) in [5, 5.41) is 13.8. The van der Waals surface area contributed by atoms with Gasteiger partial charge in [0.05, 0.1) is 6.10 Å². The first kappa shape index (κ1) is 12.9. The number of hydrogen-bond donors (Lipinski definition) is 2. The molecule has 2 unspecified atom stereocenters. The van der Waals surface area contributed by atoms with E-state index in [2.05, 4.69) is 5.32 Å². The van der Waals surface area contributed by atoms with E-state index < -0.39 is 0 Å². The molecule has 0 aromatic heterocycles. The average Bonchev–Trinajstić information content (AvgIpc) is 3.25. The number of rotatable bonds is 7. The van der Waals surface area contributed by atoms with E-state index in [0.29, 0.717) is 5.92 Å². The Balaban J connectivity index is 1.31. The minimum atomic E-state index is 0.00131. The first-order chi connectivity index (χ1) is 8.84. The summed E-state index contributed by atoms with van der Waals surface area (Å²) < 4.78 is 0. The van der Waals surface area contributed by atoms with Crippen LogP contribution >= 0.6 is 0 Å². The van der Waals surface area contributed by atoms with Crippen molar-refractivity contribution in [3.8, 4) is 0 Å². The van der Waals surface area contributed by atoms with Gasteiger partial charge in [0.15, 0.2) is 0 Å². The molecule has 3 saturated carbocycles. The van der Waals surface area contributed by atoms with Gasteiger partial charge in [-0.15, -0.1) is 0 Å². The molecule has 3 rings (SSSR count). The molecule has 0 radical (unpaired) electrons. The summed E-state index contributed by atoms with van der Waals surface area (Å²) in [6.07, 6.45) is 13.2. The molecule has 3 aliphatic rings. The van der Waals surface area contributed by atoms with E-state index in [-0.39, 0.29) is 6.10 Å². The van der Waals surface area contributed by atoms with E-state index in [4.69, 9.17) is 0 Å². The third-order valence-corrected chi connectivity index (χ3v) is 5.26. The molecular formula is C16H29NO. The number of hydrogen-bond acceptors (Lipinski definition) is 2. The van der Waals surface area contributed by atoms with Gasteiger partial charge in [-0.2, -0.15) is 0 Å². The second-order valence-electron chi connectivity index (χ2n) is 6.91. The van der Waals surface area contributed by atoms with Gasteiger partial charge in [0.25, 0.3) is 0 Å². The fraction of sp³-hybridized carbons (Fsp3) is 1.00. The highest BCUT2D eigenvalue weighted by Crippen LogP contribution is 2.44. The van der Waals surface area contributed by atoms with Crippen molar-refractivity contribution >= 4 is 0 Å². The first-order valence-corrected chi connectivity index (χ1v) is 8.26. The molecule has 3 aliphatic carbocycles. The zero-order valence-electron chi connectivity index (χ0n) is 11.6. The van der Waals surface area contributed by atoms with E-state index in [9.17, 15) is 5.11 Å². The van der Waals surface area contributed by atoms with Gasteiger partial charge in [-0.25, -0.2) is 0 Å². The van der Waals surface area contributed by atoms with Gasteiger partial charge < -0.3 is 10.4 Å². The highest BCUT2D eigenvalue weighted by Gasteiger charge is 2.40. The van der Waals surface area contributed by atoms with Gasteiger partial charge in [-0.1, -0.05) is 12.8 Å². The molecule has 0 amide bonds. The summed E-state index contributed by atoms with van der Waals surface area (Å²) >= 11 is 0. The van der Waals surface area contributed by atoms with E-state index >= 15 is 0 Å². The third kappa shape index (κ3) is 3.48. The van der Waals surface area contributed by atoms with Crippen molar-refractivity contribution in [3.63, 3.8) is 0 Å². The lowest BCUT2D eigenvalue weighted by Gasteiger charge is -2.27. The molecule has 2 heteroatoms. The fourth-order valence-electron chi connectivity index (χ4n) is 3.79. The van der Waals surface area contributed by atoms with Crippen molar-refractivity contribution in [2.45, 2.75) is 76.4 Å². The molecule has 104 valence electrons. The van der Waals surface area contributed by atoms with Gasteiger partial charge in [-0.05, 0) is 75.7 Å². The third-order valence-electron chi connectivity index (χ3n) is 5.26. The minimum absolute atomic E-state index is 0.00131. The Labute approximate surface area is 112 Å². The van der Waals surface area contributed by atoms with Gasteiger partial charge in [0.1, 0.15) is 0 Å². The van der Waals surface area contributed by atoms with Crippen LogP contribution in [0.2, 0.25) is 0 Å². The highest BCUT2D eigenvalue weighted by atomic mass is 16.3. The highest BCUT2D eigenvalue weighted by molar-refractivity contribution is 4.96. The largest absolute Gasteiger partial charge is 0.393 e. The molecule has 2 N–H and O–H groups in total. The molecule has 2 nitrogen and oxygen atoms in total. The smallest absolute Gasteiger partial charge is 0.0568 e. The van der Waals surface area contributed by atoms with Gasteiger partial charge >= 0.3 is 0 Å². The first-order valence-electron chi connectivity index (χ1n) is 8.26.